The lowest BCUT2D eigenvalue weighted by atomic mass is 9.87. The molecule has 224 valence electrons. The molecule has 0 bridgehead atoms. The van der Waals surface area contributed by atoms with Crippen LogP contribution in [0.25, 0.3) is 0 Å². The quantitative estimate of drug-likeness (QED) is 0.268. The fraction of sp³-hybridized carbons (Fsp3) is 0.625. The number of esters is 1. The van der Waals surface area contributed by atoms with Crippen LogP contribution in [0.1, 0.15) is 48.9 Å². The van der Waals surface area contributed by atoms with Crippen LogP contribution in [0.5, 0.6) is 0 Å². The van der Waals surface area contributed by atoms with Gasteiger partial charge in [-0.05, 0) is 31.0 Å². The Morgan fingerprint density at radius 1 is 1.10 bits per heavy atom. The minimum absolute atomic E-state index is 0.186. The number of sulfone groups is 1. The largest absolute Gasteiger partial charge is 0.490 e. The summed E-state index contributed by atoms with van der Waals surface area (Å²) in [6, 6.07) is 2.99. The van der Waals surface area contributed by atoms with Crippen LogP contribution < -0.4 is 0 Å². The summed E-state index contributed by atoms with van der Waals surface area (Å²) in [5.74, 6) is -3.18. The van der Waals surface area contributed by atoms with Crippen LogP contribution in [0.3, 0.4) is 0 Å². The molecule has 1 aromatic carbocycles. The van der Waals surface area contributed by atoms with Gasteiger partial charge in [-0.3, -0.25) is 19.8 Å². The monoisotopic (exact) mass is 595 g/mol. The highest BCUT2D eigenvalue weighted by atomic mass is 32.2. The van der Waals surface area contributed by atoms with E-state index < -0.39 is 50.1 Å². The molecule has 1 saturated carbocycles. The van der Waals surface area contributed by atoms with Gasteiger partial charge in [-0.1, -0.05) is 32.1 Å². The molecule has 1 aliphatic heterocycles. The van der Waals surface area contributed by atoms with Crippen LogP contribution in [0.2, 0.25) is 0 Å². The zero-order valence-electron chi connectivity index (χ0n) is 21.9. The molecular weight excluding hydrogens is 563 g/mol. The van der Waals surface area contributed by atoms with Gasteiger partial charge in [-0.15, -0.1) is 0 Å². The molecule has 1 aromatic rings. The maximum Gasteiger partial charge on any atom is 0.490 e. The van der Waals surface area contributed by atoms with E-state index in [4.69, 9.17) is 14.6 Å². The zero-order valence-corrected chi connectivity index (χ0v) is 22.7. The van der Waals surface area contributed by atoms with Crippen LogP contribution in [-0.4, -0.2) is 97.9 Å². The number of amides is 1. The molecule has 1 N–H and O–H groups in total. The Hall–Kier alpha value is -3.27. The van der Waals surface area contributed by atoms with Gasteiger partial charge in [0, 0.05) is 38.5 Å². The molecule has 2 fully saturated rings. The predicted molar refractivity (Wildman–Crippen MR) is 134 cm³/mol. The van der Waals surface area contributed by atoms with Crippen molar-refractivity contribution in [1.82, 2.24) is 9.80 Å². The van der Waals surface area contributed by atoms with E-state index >= 15 is 0 Å². The first-order valence-electron chi connectivity index (χ1n) is 12.6. The van der Waals surface area contributed by atoms with E-state index in [1.165, 1.54) is 38.5 Å². The maximum atomic E-state index is 12.4. The summed E-state index contributed by atoms with van der Waals surface area (Å²) in [6.45, 7) is 3.27. The van der Waals surface area contributed by atoms with E-state index in [1.54, 1.807) is 4.90 Å². The topological polar surface area (TPSA) is 164 Å². The van der Waals surface area contributed by atoms with Crippen molar-refractivity contribution >= 4 is 33.4 Å². The van der Waals surface area contributed by atoms with Gasteiger partial charge in [-0.25, -0.2) is 18.0 Å². The fourth-order valence-electron chi connectivity index (χ4n) is 4.46. The molecule has 0 aromatic heterocycles. The summed E-state index contributed by atoms with van der Waals surface area (Å²) >= 11 is 0. The molecule has 16 heteroatoms. The average molecular weight is 596 g/mol. The number of carbonyl (C=O) groups is 3. The lowest BCUT2D eigenvalue weighted by molar-refractivity contribution is -0.387. The smallest absolute Gasteiger partial charge is 0.475 e. The van der Waals surface area contributed by atoms with Crippen molar-refractivity contribution in [3.63, 3.8) is 0 Å². The number of hydrogen-bond donors (Lipinski definition) is 1. The molecular formula is C24H32F3N3O9S. The molecule has 0 radical (unpaired) electrons. The molecule has 1 amide bonds. The van der Waals surface area contributed by atoms with E-state index in [-0.39, 0.29) is 11.5 Å². The van der Waals surface area contributed by atoms with Gasteiger partial charge in [-0.2, -0.15) is 13.2 Å². The van der Waals surface area contributed by atoms with Gasteiger partial charge in [0.2, 0.25) is 0 Å². The molecule has 2 aliphatic rings. The summed E-state index contributed by atoms with van der Waals surface area (Å²) in [6.07, 6.45) is 3.64. The summed E-state index contributed by atoms with van der Waals surface area (Å²) in [5, 5.41) is 18.3. The Bertz CT molecular complexity index is 1180. The van der Waals surface area contributed by atoms with Gasteiger partial charge in [0.1, 0.15) is 4.90 Å². The summed E-state index contributed by atoms with van der Waals surface area (Å²) < 4.78 is 60.2. The molecule has 40 heavy (non-hydrogen) atoms. The number of nitro benzene ring substituents is 1. The lowest BCUT2D eigenvalue weighted by Crippen LogP contribution is -2.50. The normalized spacial score (nSPS) is 16.9. The van der Waals surface area contributed by atoms with Crippen molar-refractivity contribution in [3.05, 3.63) is 33.9 Å². The lowest BCUT2D eigenvalue weighted by Gasteiger charge is -2.35. The highest BCUT2D eigenvalue weighted by Crippen LogP contribution is 2.27. The Kier molecular flexibility index (Phi) is 11.8. The molecule has 0 atom stereocenters. The van der Waals surface area contributed by atoms with Gasteiger partial charge < -0.3 is 14.7 Å². The van der Waals surface area contributed by atoms with Crippen molar-refractivity contribution in [2.75, 3.05) is 45.6 Å². The maximum absolute atomic E-state index is 12.4. The second-order valence-electron chi connectivity index (χ2n) is 9.61. The number of halogens is 3. The minimum atomic E-state index is -5.08. The second kappa shape index (κ2) is 14.4. The third kappa shape index (κ3) is 10.4. The Balaban J connectivity index is 0.000000708. The molecule has 3 rings (SSSR count). The number of carbonyl (C=O) groups excluding carboxylic acids is 2. The number of hydrogen-bond acceptors (Lipinski definition) is 9. The summed E-state index contributed by atoms with van der Waals surface area (Å²) in [4.78, 5) is 47.5. The zero-order chi connectivity index (χ0) is 30.1. The molecule has 0 unspecified atom stereocenters. The third-order valence-electron chi connectivity index (χ3n) is 6.66. The van der Waals surface area contributed by atoms with Gasteiger partial charge in [0.05, 0.1) is 10.5 Å². The van der Waals surface area contributed by atoms with E-state index in [1.807, 2.05) is 0 Å². The number of piperazine rings is 1. The van der Waals surface area contributed by atoms with E-state index in [2.05, 4.69) is 4.90 Å². The standard InChI is InChI=1S/C22H31N3O7S.C2HF3O2/c1-33(30,31)20-8-7-18(15-19(20)25(28)29)22(27)32-16-21(26)24-13-11-23(12-14-24)10-9-17-5-3-2-4-6-17;3-2(4,5)1(6)7/h7-8,15,17H,2-6,9-14,16H2,1H3;(H,6,7). The van der Waals surface area contributed by atoms with Crippen LogP contribution in [-0.2, 0) is 24.2 Å². The summed E-state index contributed by atoms with van der Waals surface area (Å²) in [7, 11) is -3.84. The van der Waals surface area contributed by atoms with Crippen LogP contribution >= 0.6 is 0 Å². The third-order valence-corrected chi connectivity index (χ3v) is 7.81. The first-order chi connectivity index (χ1) is 18.6. The fourth-order valence-corrected chi connectivity index (χ4v) is 5.29. The van der Waals surface area contributed by atoms with Crippen molar-refractivity contribution in [2.45, 2.75) is 49.6 Å². The van der Waals surface area contributed by atoms with Gasteiger partial charge in [0.25, 0.3) is 11.6 Å². The SMILES string of the molecule is CS(=O)(=O)c1ccc(C(=O)OCC(=O)N2CCN(CCC3CCCCC3)CC2)cc1[N+](=O)[O-].O=C(O)C(F)(F)F. The highest BCUT2D eigenvalue weighted by molar-refractivity contribution is 7.90. The number of carboxylic acid groups (broad SMARTS) is 1. The molecule has 1 saturated heterocycles. The van der Waals surface area contributed by atoms with E-state index in [0.29, 0.717) is 13.1 Å². The number of benzene rings is 1. The van der Waals surface area contributed by atoms with Crippen molar-refractivity contribution in [1.29, 1.82) is 0 Å². The molecule has 1 heterocycles. The number of nitrogens with zero attached hydrogens (tertiary/aromatic N) is 3. The van der Waals surface area contributed by atoms with Gasteiger partial charge in [0.15, 0.2) is 16.4 Å². The van der Waals surface area contributed by atoms with Crippen molar-refractivity contribution in [2.24, 2.45) is 5.92 Å². The number of aliphatic carboxylic acids is 1. The Labute approximate surface area is 229 Å². The molecule has 0 spiro atoms. The van der Waals surface area contributed by atoms with Crippen LogP contribution in [0.4, 0.5) is 18.9 Å². The van der Waals surface area contributed by atoms with Gasteiger partial charge >= 0.3 is 18.1 Å². The first-order valence-corrected chi connectivity index (χ1v) is 14.4. The Morgan fingerprint density at radius 2 is 1.68 bits per heavy atom. The van der Waals surface area contributed by atoms with E-state index in [0.717, 1.165) is 50.0 Å². The Morgan fingerprint density at radius 3 is 2.17 bits per heavy atom. The molecule has 12 nitrogen and oxygen atoms in total. The first kappa shape index (κ1) is 32.9. The second-order valence-corrected chi connectivity index (χ2v) is 11.6. The number of alkyl halides is 3. The number of nitro groups is 1. The highest BCUT2D eigenvalue weighted by Gasteiger charge is 2.38. The minimum Gasteiger partial charge on any atom is -0.475 e. The van der Waals surface area contributed by atoms with Crippen molar-refractivity contribution in [3.8, 4) is 0 Å². The van der Waals surface area contributed by atoms with Crippen LogP contribution in [0.15, 0.2) is 23.1 Å². The number of carboxylic acids is 1. The van der Waals surface area contributed by atoms with Crippen LogP contribution in [0, 0.1) is 16.0 Å². The predicted octanol–water partition coefficient (Wildman–Crippen LogP) is 2.90. The number of rotatable bonds is 8. The summed E-state index contributed by atoms with van der Waals surface area (Å²) in [5.41, 5.74) is -0.892. The molecule has 1 aliphatic carbocycles. The average Bonchev–Trinajstić information content (AvgIpc) is 2.90. The van der Waals surface area contributed by atoms with Crippen molar-refractivity contribution < 1.29 is 50.7 Å². The van der Waals surface area contributed by atoms with E-state index in [9.17, 15) is 41.3 Å². The number of ether oxygens (including phenoxy) is 1.